The Kier molecular flexibility index (Phi) is 3.70. The minimum atomic E-state index is -0.728. The predicted octanol–water partition coefficient (Wildman–Crippen LogP) is 1.60. The zero-order valence-electron chi connectivity index (χ0n) is 5.92. The van der Waals surface area contributed by atoms with Gasteiger partial charge in [0, 0.05) is 0 Å². The predicted molar refractivity (Wildman–Crippen MR) is 39.8 cm³/mol. The van der Waals surface area contributed by atoms with Crippen LogP contribution in [0.4, 0.5) is 0 Å². The van der Waals surface area contributed by atoms with Gasteiger partial charge in [0.15, 0.2) is 0 Å². The fourth-order valence-corrected chi connectivity index (χ4v) is 1.40. The summed E-state index contributed by atoms with van der Waals surface area (Å²) < 4.78 is 0. The van der Waals surface area contributed by atoms with Crippen LogP contribution in [0.15, 0.2) is 0 Å². The Balaban J connectivity index is 3.50. The van der Waals surface area contributed by atoms with Crippen molar-refractivity contribution in [3.05, 3.63) is 0 Å². The van der Waals surface area contributed by atoms with E-state index in [-0.39, 0.29) is 5.25 Å². The molecule has 0 aromatic rings. The largest absolute Gasteiger partial charge is 0.480 e. The van der Waals surface area contributed by atoms with E-state index in [4.69, 9.17) is 5.11 Å². The van der Waals surface area contributed by atoms with Gasteiger partial charge in [0.05, 0.1) is 5.25 Å². The van der Waals surface area contributed by atoms with Crippen molar-refractivity contribution in [2.24, 2.45) is 0 Å². The molecule has 1 unspecified atom stereocenters. The average molecular weight is 148 g/mol. The maximum absolute atomic E-state index is 10.2. The van der Waals surface area contributed by atoms with Crippen LogP contribution in [-0.2, 0) is 4.79 Å². The van der Waals surface area contributed by atoms with Crippen molar-refractivity contribution in [3.63, 3.8) is 0 Å². The summed E-state index contributed by atoms with van der Waals surface area (Å²) in [5, 5.41) is 8.54. The molecule has 0 aliphatic carbocycles. The van der Waals surface area contributed by atoms with E-state index in [1.54, 1.807) is 6.92 Å². The Morgan fingerprint density at radius 2 is 1.89 bits per heavy atom. The molecule has 0 aromatic heterocycles. The smallest absolute Gasteiger partial charge is 0.316 e. The van der Waals surface area contributed by atoms with E-state index in [2.05, 4.69) is 0 Å². The molecule has 0 aromatic carbocycles. The fourth-order valence-electron chi connectivity index (χ4n) is 0.466. The van der Waals surface area contributed by atoms with Gasteiger partial charge in [-0.05, 0) is 12.2 Å². The Morgan fingerprint density at radius 1 is 1.44 bits per heavy atom. The second kappa shape index (κ2) is 3.77. The molecule has 0 spiro atoms. The van der Waals surface area contributed by atoms with Crippen molar-refractivity contribution < 1.29 is 9.90 Å². The quantitative estimate of drug-likeness (QED) is 0.660. The van der Waals surface area contributed by atoms with Gasteiger partial charge >= 0.3 is 5.97 Å². The molecule has 0 heterocycles. The molecule has 0 rings (SSSR count). The van der Waals surface area contributed by atoms with Crippen LogP contribution in [0.1, 0.15) is 20.8 Å². The summed E-state index contributed by atoms with van der Waals surface area (Å²) in [5.41, 5.74) is 0. The molecule has 0 aliphatic heterocycles. The monoisotopic (exact) mass is 148 g/mol. The number of carboxylic acids is 1. The molecular weight excluding hydrogens is 136 g/mol. The van der Waals surface area contributed by atoms with Gasteiger partial charge in [-0.1, -0.05) is 13.8 Å². The van der Waals surface area contributed by atoms with E-state index in [1.807, 2.05) is 13.8 Å². The minimum absolute atomic E-state index is 0.273. The van der Waals surface area contributed by atoms with Gasteiger partial charge < -0.3 is 5.11 Å². The third-order valence-electron chi connectivity index (χ3n) is 0.824. The highest BCUT2D eigenvalue weighted by Gasteiger charge is 2.11. The van der Waals surface area contributed by atoms with Crippen LogP contribution in [0.5, 0.6) is 0 Å². The molecule has 0 radical (unpaired) electrons. The van der Waals surface area contributed by atoms with Crippen molar-refractivity contribution in [2.45, 2.75) is 31.3 Å². The Bertz CT molecular complexity index is 101. The molecule has 9 heavy (non-hydrogen) atoms. The van der Waals surface area contributed by atoms with E-state index >= 15 is 0 Å². The van der Waals surface area contributed by atoms with Crippen molar-refractivity contribution in [2.75, 3.05) is 0 Å². The summed E-state index contributed by atoms with van der Waals surface area (Å²) in [6.45, 7) is 5.68. The van der Waals surface area contributed by atoms with Crippen LogP contribution < -0.4 is 0 Å². The maximum atomic E-state index is 10.2. The maximum Gasteiger partial charge on any atom is 0.316 e. The van der Waals surface area contributed by atoms with Gasteiger partial charge in [0.1, 0.15) is 0 Å². The fraction of sp³-hybridized carbons (Fsp3) is 0.833. The van der Waals surface area contributed by atoms with Gasteiger partial charge in [0.25, 0.3) is 0 Å². The normalized spacial score (nSPS) is 13.8. The highest BCUT2D eigenvalue weighted by Crippen LogP contribution is 2.15. The summed E-state index contributed by atoms with van der Waals surface area (Å²) in [6.07, 6.45) is 0. The van der Waals surface area contributed by atoms with Crippen LogP contribution in [0.25, 0.3) is 0 Å². The first-order valence-corrected chi connectivity index (χ1v) is 3.86. The lowest BCUT2D eigenvalue weighted by Crippen LogP contribution is -2.13. The first-order chi connectivity index (χ1) is 4.04. The Hall–Kier alpha value is -0.180. The standard InChI is InChI=1S/C6H12O2S/c1-4(2)9-5(3)6(7)8/h4-5H,1-3H3,(H,7,8). The topological polar surface area (TPSA) is 37.3 Å². The van der Waals surface area contributed by atoms with Crippen LogP contribution >= 0.6 is 11.8 Å². The first-order valence-electron chi connectivity index (χ1n) is 2.92. The van der Waals surface area contributed by atoms with Crippen molar-refractivity contribution in [1.82, 2.24) is 0 Å². The molecule has 0 bridgehead atoms. The van der Waals surface area contributed by atoms with Gasteiger partial charge in [-0.3, -0.25) is 4.79 Å². The molecule has 1 N–H and O–H groups in total. The molecule has 0 aliphatic rings. The van der Waals surface area contributed by atoms with Crippen molar-refractivity contribution in [3.8, 4) is 0 Å². The third kappa shape index (κ3) is 4.33. The zero-order valence-corrected chi connectivity index (χ0v) is 6.73. The molecule has 0 amide bonds. The minimum Gasteiger partial charge on any atom is -0.480 e. The molecule has 0 saturated carbocycles. The summed E-state index contributed by atoms with van der Waals surface area (Å²) in [5.74, 6) is -0.728. The summed E-state index contributed by atoms with van der Waals surface area (Å²) >= 11 is 1.46. The number of carboxylic acid groups (broad SMARTS) is 1. The lowest BCUT2D eigenvalue weighted by atomic mass is 10.5. The van der Waals surface area contributed by atoms with Gasteiger partial charge in [-0.2, -0.15) is 0 Å². The van der Waals surface area contributed by atoms with Crippen molar-refractivity contribution in [1.29, 1.82) is 0 Å². The van der Waals surface area contributed by atoms with Crippen LogP contribution in [0, 0.1) is 0 Å². The SMILES string of the molecule is CC(C)SC(C)C(=O)O. The number of hydrogen-bond acceptors (Lipinski definition) is 2. The van der Waals surface area contributed by atoms with Gasteiger partial charge in [-0.25, -0.2) is 0 Å². The lowest BCUT2D eigenvalue weighted by Gasteiger charge is -2.07. The third-order valence-corrected chi connectivity index (χ3v) is 1.98. The van der Waals surface area contributed by atoms with Crippen LogP contribution in [0.2, 0.25) is 0 Å². The van der Waals surface area contributed by atoms with E-state index in [0.29, 0.717) is 5.25 Å². The number of aliphatic carboxylic acids is 1. The highest BCUT2D eigenvalue weighted by molar-refractivity contribution is 8.01. The molecular formula is C6H12O2S. The Morgan fingerprint density at radius 3 is 2.00 bits per heavy atom. The second-order valence-electron chi connectivity index (χ2n) is 2.17. The lowest BCUT2D eigenvalue weighted by molar-refractivity contribution is -0.136. The van der Waals surface area contributed by atoms with E-state index in [0.717, 1.165) is 0 Å². The first kappa shape index (κ1) is 8.82. The molecule has 3 heteroatoms. The highest BCUT2D eigenvalue weighted by atomic mass is 32.2. The van der Waals surface area contributed by atoms with Crippen LogP contribution in [-0.4, -0.2) is 21.6 Å². The molecule has 54 valence electrons. The summed E-state index contributed by atoms with van der Waals surface area (Å²) in [7, 11) is 0. The Labute approximate surface area is 59.6 Å². The number of rotatable bonds is 3. The molecule has 0 fully saturated rings. The number of thioether (sulfide) groups is 1. The van der Waals surface area contributed by atoms with E-state index in [1.165, 1.54) is 11.8 Å². The molecule has 0 saturated heterocycles. The van der Waals surface area contributed by atoms with Gasteiger partial charge in [0.2, 0.25) is 0 Å². The van der Waals surface area contributed by atoms with E-state index < -0.39 is 5.97 Å². The average Bonchev–Trinajstić information content (AvgIpc) is 1.63. The number of carbonyl (C=O) groups is 1. The molecule has 1 atom stereocenters. The van der Waals surface area contributed by atoms with Crippen molar-refractivity contribution >= 4 is 17.7 Å². The second-order valence-corrected chi connectivity index (χ2v) is 4.09. The number of hydrogen-bond donors (Lipinski definition) is 1. The van der Waals surface area contributed by atoms with E-state index in [9.17, 15) is 4.79 Å². The van der Waals surface area contributed by atoms with Crippen LogP contribution in [0.3, 0.4) is 0 Å². The molecule has 2 nitrogen and oxygen atoms in total. The summed E-state index contributed by atoms with van der Waals surface area (Å²) in [6, 6.07) is 0. The summed E-state index contributed by atoms with van der Waals surface area (Å²) in [4.78, 5) is 10.2. The zero-order chi connectivity index (χ0) is 7.44. The van der Waals surface area contributed by atoms with Gasteiger partial charge in [-0.15, -0.1) is 11.8 Å².